The second-order valence-corrected chi connectivity index (χ2v) is 5.21. The lowest BCUT2D eigenvalue weighted by atomic mass is 10.2. The van der Waals surface area contributed by atoms with E-state index in [1.807, 2.05) is 30.3 Å². The number of benzene rings is 2. The van der Waals surface area contributed by atoms with E-state index in [4.69, 9.17) is 9.47 Å². The van der Waals surface area contributed by atoms with E-state index in [1.54, 1.807) is 18.3 Å². The average Bonchev–Trinajstić information content (AvgIpc) is 2.50. The van der Waals surface area contributed by atoms with Crippen LogP contribution in [0.5, 0.6) is 11.5 Å². The summed E-state index contributed by atoms with van der Waals surface area (Å²) in [6.45, 7) is 1.34. The lowest BCUT2D eigenvalue weighted by Gasteiger charge is -2.10. The quantitative estimate of drug-likeness (QED) is 0.380. The van der Waals surface area contributed by atoms with Crippen LogP contribution >= 0.6 is 15.9 Å². The topological polar surface area (TPSA) is 59.9 Å². The molecule has 2 aromatic rings. The van der Waals surface area contributed by atoms with Gasteiger partial charge in [0.25, 0.3) is 0 Å². The fourth-order valence-corrected chi connectivity index (χ4v) is 2.16. The molecular weight excluding hydrogens is 348 g/mol. The molecule has 5 nitrogen and oxygen atoms in total. The molecule has 0 amide bonds. The highest BCUT2D eigenvalue weighted by Gasteiger charge is 2.11. The van der Waals surface area contributed by atoms with Gasteiger partial charge in [0.1, 0.15) is 0 Å². The van der Waals surface area contributed by atoms with E-state index in [9.17, 15) is 4.79 Å². The van der Waals surface area contributed by atoms with E-state index >= 15 is 0 Å². The molecule has 0 unspecified atom stereocenters. The number of carbonyl (C=O) groups excluding carboxylic acids is 1. The number of rotatable bonds is 5. The minimum atomic E-state index is -0.405. The Bertz CT molecular complexity index is 687. The molecule has 6 heteroatoms. The van der Waals surface area contributed by atoms with Crippen molar-refractivity contribution in [1.29, 1.82) is 0 Å². The molecule has 0 heterocycles. The minimum absolute atomic E-state index is 0.357. The third-order valence-electron chi connectivity index (χ3n) is 2.71. The van der Waals surface area contributed by atoms with E-state index in [0.717, 1.165) is 15.7 Å². The van der Waals surface area contributed by atoms with Crippen LogP contribution in [-0.4, -0.2) is 19.3 Å². The number of esters is 1. The van der Waals surface area contributed by atoms with Crippen molar-refractivity contribution in [2.24, 2.45) is 5.10 Å². The Kier molecular flexibility index (Phi) is 5.55. The van der Waals surface area contributed by atoms with Gasteiger partial charge in [0.05, 0.1) is 19.0 Å². The van der Waals surface area contributed by atoms with Gasteiger partial charge in [-0.05, 0) is 40.2 Å². The van der Waals surface area contributed by atoms with Gasteiger partial charge in [-0.1, -0.05) is 18.2 Å². The number of nitrogens with zero attached hydrogens (tertiary/aromatic N) is 1. The molecule has 0 saturated carbocycles. The van der Waals surface area contributed by atoms with Gasteiger partial charge in [-0.3, -0.25) is 10.2 Å². The van der Waals surface area contributed by atoms with E-state index in [2.05, 4.69) is 26.5 Å². The van der Waals surface area contributed by atoms with E-state index in [-0.39, 0.29) is 0 Å². The van der Waals surface area contributed by atoms with Crippen LogP contribution in [0.3, 0.4) is 0 Å². The molecular formula is C16H15BrN2O3. The van der Waals surface area contributed by atoms with Gasteiger partial charge in [0, 0.05) is 17.0 Å². The number of methoxy groups -OCH3 is 1. The zero-order valence-corrected chi connectivity index (χ0v) is 13.8. The van der Waals surface area contributed by atoms with Crippen molar-refractivity contribution in [3.63, 3.8) is 0 Å². The summed E-state index contributed by atoms with van der Waals surface area (Å²) in [4.78, 5) is 11.1. The first-order valence-electron chi connectivity index (χ1n) is 6.50. The van der Waals surface area contributed by atoms with Gasteiger partial charge in [0.15, 0.2) is 11.5 Å². The molecule has 114 valence electrons. The molecule has 1 N–H and O–H groups in total. The van der Waals surface area contributed by atoms with Crippen LogP contribution in [-0.2, 0) is 4.79 Å². The third-order valence-corrected chi connectivity index (χ3v) is 3.39. The van der Waals surface area contributed by atoms with Gasteiger partial charge in [-0.2, -0.15) is 5.10 Å². The van der Waals surface area contributed by atoms with Crippen LogP contribution in [0.15, 0.2) is 52.0 Å². The maximum absolute atomic E-state index is 11.1. The molecule has 0 aliphatic heterocycles. The Morgan fingerprint density at radius 1 is 1.23 bits per heavy atom. The molecule has 0 aliphatic carbocycles. The molecule has 0 bridgehead atoms. The molecule has 0 fully saturated rings. The number of hydrazone groups is 1. The fraction of sp³-hybridized carbons (Fsp3) is 0.125. The molecule has 0 aliphatic rings. The summed E-state index contributed by atoms with van der Waals surface area (Å²) in [5.74, 6) is 0.409. The fourth-order valence-electron chi connectivity index (χ4n) is 1.73. The van der Waals surface area contributed by atoms with Gasteiger partial charge in [0.2, 0.25) is 0 Å². The first kappa shape index (κ1) is 16.0. The summed E-state index contributed by atoms with van der Waals surface area (Å²) in [6, 6.07) is 13.0. The van der Waals surface area contributed by atoms with Crippen LogP contribution in [0.1, 0.15) is 12.5 Å². The van der Waals surface area contributed by atoms with Crippen molar-refractivity contribution < 1.29 is 14.3 Å². The second-order valence-electron chi connectivity index (χ2n) is 4.35. The SMILES string of the molecule is COc1cc(C=NNc2ccccc2)c(Br)cc1OC(C)=O. The standard InChI is InChI=1S/C16H15BrN2O3/c1-11(20)22-16-9-14(17)12(8-15(16)21-2)10-18-19-13-6-4-3-5-7-13/h3-10,19H,1-2H3. The lowest BCUT2D eigenvalue weighted by Crippen LogP contribution is -2.04. The van der Waals surface area contributed by atoms with Crippen molar-refractivity contribution in [2.75, 3.05) is 12.5 Å². The largest absolute Gasteiger partial charge is 0.493 e. The van der Waals surface area contributed by atoms with E-state index in [1.165, 1.54) is 14.0 Å². The highest BCUT2D eigenvalue weighted by molar-refractivity contribution is 9.10. The van der Waals surface area contributed by atoms with Gasteiger partial charge >= 0.3 is 5.97 Å². The molecule has 0 aromatic heterocycles. The van der Waals surface area contributed by atoms with Crippen molar-refractivity contribution in [1.82, 2.24) is 0 Å². The van der Waals surface area contributed by atoms with Crippen molar-refractivity contribution >= 4 is 33.8 Å². The Hall–Kier alpha value is -2.34. The summed E-state index contributed by atoms with van der Waals surface area (Å²) in [7, 11) is 1.51. The van der Waals surface area contributed by atoms with Crippen molar-refractivity contribution in [3.05, 3.63) is 52.5 Å². The second kappa shape index (κ2) is 7.61. The maximum atomic E-state index is 11.1. The Balaban J connectivity index is 2.18. The number of anilines is 1. The molecule has 0 atom stereocenters. The highest BCUT2D eigenvalue weighted by Crippen LogP contribution is 2.33. The van der Waals surface area contributed by atoms with Gasteiger partial charge < -0.3 is 9.47 Å². The van der Waals surface area contributed by atoms with Crippen molar-refractivity contribution in [3.8, 4) is 11.5 Å². The molecule has 0 spiro atoms. The lowest BCUT2D eigenvalue weighted by molar-refractivity contribution is -0.132. The summed E-state index contributed by atoms with van der Waals surface area (Å²) in [6.07, 6.45) is 1.65. The first-order valence-corrected chi connectivity index (χ1v) is 7.29. The van der Waals surface area contributed by atoms with Crippen LogP contribution in [0, 0.1) is 0 Å². The first-order chi connectivity index (χ1) is 10.6. The molecule has 2 aromatic carbocycles. The van der Waals surface area contributed by atoms with E-state index in [0.29, 0.717) is 11.5 Å². The third kappa shape index (κ3) is 4.33. The van der Waals surface area contributed by atoms with Crippen molar-refractivity contribution in [2.45, 2.75) is 6.92 Å². The average molecular weight is 363 g/mol. The number of nitrogens with one attached hydrogen (secondary N) is 1. The predicted molar refractivity (Wildman–Crippen MR) is 89.7 cm³/mol. The van der Waals surface area contributed by atoms with Crippen LogP contribution < -0.4 is 14.9 Å². The summed E-state index contributed by atoms with van der Waals surface area (Å²) in [5, 5.41) is 4.17. The summed E-state index contributed by atoms with van der Waals surface area (Å²) in [5.41, 5.74) is 4.60. The van der Waals surface area contributed by atoms with Gasteiger partial charge in [-0.15, -0.1) is 0 Å². The van der Waals surface area contributed by atoms with Crippen LogP contribution in [0.4, 0.5) is 5.69 Å². The van der Waals surface area contributed by atoms with Gasteiger partial charge in [-0.25, -0.2) is 0 Å². The zero-order valence-electron chi connectivity index (χ0n) is 12.2. The smallest absolute Gasteiger partial charge is 0.308 e. The predicted octanol–water partition coefficient (Wildman–Crippen LogP) is 3.83. The maximum Gasteiger partial charge on any atom is 0.308 e. The Morgan fingerprint density at radius 2 is 1.95 bits per heavy atom. The highest BCUT2D eigenvalue weighted by atomic mass is 79.9. The summed E-state index contributed by atoms with van der Waals surface area (Å²) >= 11 is 3.42. The molecule has 2 rings (SSSR count). The van der Waals surface area contributed by atoms with Crippen LogP contribution in [0.2, 0.25) is 0 Å². The number of hydrogen-bond acceptors (Lipinski definition) is 5. The minimum Gasteiger partial charge on any atom is -0.493 e. The number of halogens is 1. The molecule has 22 heavy (non-hydrogen) atoms. The normalized spacial score (nSPS) is 10.5. The van der Waals surface area contributed by atoms with Crippen LogP contribution in [0.25, 0.3) is 0 Å². The Labute approximate surface area is 137 Å². The Morgan fingerprint density at radius 3 is 2.59 bits per heavy atom. The number of para-hydroxylation sites is 1. The van der Waals surface area contributed by atoms with E-state index < -0.39 is 5.97 Å². The molecule has 0 radical (unpaired) electrons. The number of carbonyl (C=O) groups is 1. The number of hydrogen-bond donors (Lipinski definition) is 1. The zero-order chi connectivity index (χ0) is 15.9. The molecule has 0 saturated heterocycles. The monoisotopic (exact) mass is 362 g/mol. The summed E-state index contributed by atoms with van der Waals surface area (Å²) < 4.78 is 11.1. The number of ether oxygens (including phenoxy) is 2.